The van der Waals surface area contributed by atoms with Gasteiger partial charge in [-0.25, -0.2) is 5.43 Å². The summed E-state index contributed by atoms with van der Waals surface area (Å²) in [5, 5.41) is 14.1. The van der Waals surface area contributed by atoms with Gasteiger partial charge in [-0.05, 0) is 80.7 Å². The van der Waals surface area contributed by atoms with Crippen LogP contribution >= 0.6 is 63.7 Å². The van der Waals surface area contributed by atoms with Gasteiger partial charge < -0.3 is 14.6 Å². The highest BCUT2D eigenvalue weighted by Gasteiger charge is 2.15. The number of carbonyl (C=O) groups excluding carboxylic acids is 1. The molecule has 0 aliphatic rings. The van der Waals surface area contributed by atoms with E-state index < -0.39 is 5.91 Å². The number of phenols is 1. The fourth-order valence-corrected chi connectivity index (χ4v) is 4.65. The average molecular weight is 706 g/mol. The zero-order valence-electron chi connectivity index (χ0n) is 17.2. The van der Waals surface area contributed by atoms with Gasteiger partial charge in [0.2, 0.25) is 0 Å². The van der Waals surface area contributed by atoms with Crippen LogP contribution in [0.4, 0.5) is 0 Å². The van der Waals surface area contributed by atoms with Gasteiger partial charge in [0.05, 0.1) is 22.9 Å². The van der Waals surface area contributed by atoms with Gasteiger partial charge in [-0.2, -0.15) is 5.10 Å². The minimum Gasteiger partial charge on any atom is -0.506 e. The monoisotopic (exact) mass is 702 g/mol. The second-order valence-corrected chi connectivity index (χ2v) is 10.2. The first-order valence-corrected chi connectivity index (χ1v) is 12.8. The summed E-state index contributed by atoms with van der Waals surface area (Å²) in [4.78, 5) is 12.4. The third-order valence-corrected chi connectivity index (χ3v) is 6.59. The summed E-state index contributed by atoms with van der Waals surface area (Å²) in [5.41, 5.74) is 4.20. The Balaban J connectivity index is 1.75. The van der Waals surface area contributed by atoms with E-state index in [1.165, 1.54) is 12.3 Å². The van der Waals surface area contributed by atoms with E-state index in [1.54, 1.807) is 18.2 Å². The molecule has 3 aromatic rings. The van der Waals surface area contributed by atoms with E-state index in [0.29, 0.717) is 43.7 Å². The Morgan fingerprint density at radius 1 is 0.970 bits per heavy atom. The zero-order valence-corrected chi connectivity index (χ0v) is 23.6. The van der Waals surface area contributed by atoms with Crippen LogP contribution < -0.4 is 14.9 Å². The van der Waals surface area contributed by atoms with E-state index in [2.05, 4.69) is 74.2 Å². The number of rotatable bonds is 8. The molecule has 0 saturated carbocycles. The standard InChI is InChI=1S/C23H18Br4N2O4/c1-2-32-20-7-14(11-28-29-23(31)17-8-16(25)9-19(27)22(17)30)18(26)10-21(20)33-12-13-3-5-15(24)6-4-13/h3-11,30H,2,12H2,1H3,(H,29,31)/b28-11-. The fraction of sp³-hybridized carbons (Fsp3) is 0.130. The van der Waals surface area contributed by atoms with Crippen molar-refractivity contribution in [3.63, 3.8) is 0 Å². The highest BCUT2D eigenvalue weighted by molar-refractivity contribution is 9.11. The molecule has 0 aliphatic heterocycles. The van der Waals surface area contributed by atoms with Crippen molar-refractivity contribution in [2.75, 3.05) is 6.61 Å². The van der Waals surface area contributed by atoms with Crippen molar-refractivity contribution in [3.8, 4) is 17.2 Å². The van der Waals surface area contributed by atoms with Crippen LogP contribution in [0.1, 0.15) is 28.4 Å². The smallest absolute Gasteiger partial charge is 0.275 e. The molecule has 1 amide bonds. The lowest BCUT2D eigenvalue weighted by atomic mass is 10.2. The minimum absolute atomic E-state index is 0.0826. The molecule has 0 saturated heterocycles. The van der Waals surface area contributed by atoms with E-state index in [4.69, 9.17) is 9.47 Å². The maximum atomic E-state index is 12.4. The molecule has 3 aromatic carbocycles. The molecule has 0 spiro atoms. The van der Waals surface area contributed by atoms with E-state index in [0.717, 1.165) is 10.0 Å². The number of phenolic OH excluding ortho intramolecular Hbond substituents is 1. The average Bonchev–Trinajstić information content (AvgIpc) is 2.78. The van der Waals surface area contributed by atoms with Crippen LogP contribution in [0.5, 0.6) is 17.2 Å². The summed E-state index contributed by atoms with van der Waals surface area (Å²) in [6.45, 7) is 2.73. The normalized spacial score (nSPS) is 10.9. The van der Waals surface area contributed by atoms with Crippen molar-refractivity contribution < 1.29 is 19.4 Å². The Kier molecular flexibility index (Phi) is 9.37. The second kappa shape index (κ2) is 12.0. The number of nitrogens with one attached hydrogen (secondary N) is 1. The Bertz CT molecular complexity index is 1180. The lowest BCUT2D eigenvalue weighted by Gasteiger charge is -2.14. The molecule has 3 rings (SSSR count). The largest absolute Gasteiger partial charge is 0.506 e. The minimum atomic E-state index is -0.554. The quantitative estimate of drug-likeness (QED) is 0.192. The molecule has 0 radical (unpaired) electrons. The second-order valence-electron chi connectivity index (χ2n) is 6.65. The van der Waals surface area contributed by atoms with Crippen LogP contribution in [0, 0.1) is 0 Å². The number of halogens is 4. The molecule has 0 atom stereocenters. The van der Waals surface area contributed by atoms with Gasteiger partial charge in [0.25, 0.3) is 5.91 Å². The Morgan fingerprint density at radius 2 is 1.67 bits per heavy atom. The van der Waals surface area contributed by atoms with Crippen molar-refractivity contribution >= 4 is 75.8 Å². The predicted molar refractivity (Wildman–Crippen MR) is 142 cm³/mol. The van der Waals surface area contributed by atoms with Gasteiger partial charge in [0.1, 0.15) is 12.4 Å². The molecule has 2 N–H and O–H groups in total. The van der Waals surface area contributed by atoms with Gasteiger partial charge in [0.15, 0.2) is 11.5 Å². The van der Waals surface area contributed by atoms with E-state index in [-0.39, 0.29) is 11.3 Å². The summed E-state index contributed by atoms with van der Waals surface area (Å²) in [6, 6.07) is 14.6. The third-order valence-electron chi connectivity index (χ3n) is 4.31. The molecule has 0 heterocycles. The molecule has 172 valence electrons. The van der Waals surface area contributed by atoms with Gasteiger partial charge in [0, 0.05) is 19.0 Å². The Labute approximate surface area is 224 Å². The summed E-state index contributed by atoms with van der Waals surface area (Å²) in [6.07, 6.45) is 1.48. The van der Waals surface area contributed by atoms with E-state index >= 15 is 0 Å². The molecular formula is C23H18Br4N2O4. The number of hydrogen-bond donors (Lipinski definition) is 2. The maximum Gasteiger partial charge on any atom is 0.275 e. The number of aromatic hydroxyl groups is 1. The first-order chi connectivity index (χ1) is 15.8. The highest BCUT2D eigenvalue weighted by Crippen LogP contribution is 2.34. The van der Waals surface area contributed by atoms with E-state index in [1.807, 2.05) is 31.2 Å². The predicted octanol–water partition coefficient (Wildman–Crippen LogP) is 7.18. The van der Waals surface area contributed by atoms with Crippen LogP contribution in [0.3, 0.4) is 0 Å². The summed E-state index contributed by atoms with van der Waals surface area (Å²) >= 11 is 13.4. The number of nitrogens with zero attached hydrogens (tertiary/aromatic N) is 1. The third kappa shape index (κ3) is 7.05. The maximum absolute atomic E-state index is 12.4. The molecule has 0 aromatic heterocycles. The fourth-order valence-electron chi connectivity index (χ4n) is 2.73. The van der Waals surface area contributed by atoms with Crippen molar-refractivity contribution in [2.45, 2.75) is 13.5 Å². The molecule has 33 heavy (non-hydrogen) atoms. The number of ether oxygens (including phenoxy) is 2. The van der Waals surface area contributed by atoms with E-state index in [9.17, 15) is 9.90 Å². The molecule has 10 heteroatoms. The number of hydrogen-bond acceptors (Lipinski definition) is 5. The number of hydrazone groups is 1. The van der Waals surface area contributed by atoms with Crippen molar-refractivity contribution in [1.82, 2.24) is 5.43 Å². The highest BCUT2D eigenvalue weighted by atomic mass is 79.9. The lowest BCUT2D eigenvalue weighted by Crippen LogP contribution is -2.18. The molecular weight excluding hydrogens is 688 g/mol. The Hall–Kier alpha value is -1.88. The molecule has 0 aliphatic carbocycles. The van der Waals surface area contributed by atoms with Crippen LogP contribution in [-0.4, -0.2) is 23.8 Å². The molecule has 6 nitrogen and oxygen atoms in total. The number of benzene rings is 3. The molecule has 0 unspecified atom stereocenters. The van der Waals surface area contributed by atoms with Crippen LogP contribution in [0.25, 0.3) is 0 Å². The summed E-state index contributed by atoms with van der Waals surface area (Å²) in [7, 11) is 0. The van der Waals surface area contributed by atoms with Crippen LogP contribution in [-0.2, 0) is 6.61 Å². The number of carbonyl (C=O) groups is 1. The first kappa shape index (κ1) is 25.7. The van der Waals surface area contributed by atoms with Gasteiger partial charge in [-0.1, -0.05) is 44.0 Å². The zero-order chi connectivity index (χ0) is 24.0. The molecule has 0 fully saturated rings. The summed E-state index contributed by atoms with van der Waals surface area (Å²) < 4.78 is 14.5. The lowest BCUT2D eigenvalue weighted by molar-refractivity contribution is 0.0952. The topological polar surface area (TPSA) is 80.2 Å². The number of amides is 1. The van der Waals surface area contributed by atoms with Gasteiger partial charge in [-0.3, -0.25) is 4.79 Å². The van der Waals surface area contributed by atoms with Crippen LogP contribution in [0.15, 0.2) is 71.5 Å². The molecule has 0 bridgehead atoms. The van der Waals surface area contributed by atoms with Crippen molar-refractivity contribution in [1.29, 1.82) is 0 Å². The van der Waals surface area contributed by atoms with Gasteiger partial charge in [-0.15, -0.1) is 0 Å². The van der Waals surface area contributed by atoms with Gasteiger partial charge >= 0.3 is 0 Å². The van der Waals surface area contributed by atoms with Crippen molar-refractivity contribution in [3.05, 3.63) is 83.1 Å². The summed E-state index contributed by atoms with van der Waals surface area (Å²) in [5.74, 6) is 0.412. The van der Waals surface area contributed by atoms with Crippen molar-refractivity contribution in [2.24, 2.45) is 5.10 Å². The Morgan fingerprint density at radius 3 is 2.36 bits per heavy atom. The SMILES string of the molecule is CCOc1cc(/C=N\NC(=O)c2cc(Br)cc(Br)c2O)c(Br)cc1OCc1ccc(Br)cc1. The first-order valence-electron chi connectivity index (χ1n) is 9.63. The van der Waals surface area contributed by atoms with Crippen LogP contribution in [0.2, 0.25) is 0 Å².